The first-order valence-corrected chi connectivity index (χ1v) is 10.6. The maximum atomic E-state index is 5.64. The highest BCUT2D eigenvalue weighted by molar-refractivity contribution is 5.79. The van der Waals surface area contributed by atoms with Gasteiger partial charge in [0.25, 0.3) is 0 Å². The number of para-hydroxylation sites is 1. The average molecular weight is 399 g/mol. The molecule has 0 saturated carbocycles. The number of nitrogens with one attached hydrogen (secondary N) is 2. The number of likely N-dealkylation sites (tertiary alicyclic amines) is 1. The fraction of sp³-hybridized carbons (Fsp3) is 0.545. The van der Waals surface area contributed by atoms with Crippen LogP contribution in [0.2, 0.25) is 0 Å². The van der Waals surface area contributed by atoms with Crippen LogP contribution >= 0.6 is 0 Å². The van der Waals surface area contributed by atoms with E-state index in [-0.39, 0.29) is 6.04 Å². The Kier molecular flexibility index (Phi) is 7.93. The van der Waals surface area contributed by atoms with Crippen LogP contribution in [0.15, 0.2) is 41.7 Å². The van der Waals surface area contributed by atoms with Crippen LogP contribution in [0.3, 0.4) is 0 Å². The standard InChI is InChI=1S/C22H34N6O/c1-4-23-22(24-12-11-18-15-26-27(2)17-18)25-16-20(28-13-7-8-14-28)19-9-5-6-10-21(19)29-3/h5-6,9-10,15,17,20H,4,7-8,11-14,16H2,1-3H3,(H2,23,24,25). The van der Waals surface area contributed by atoms with Crippen molar-refractivity contribution < 1.29 is 4.74 Å². The summed E-state index contributed by atoms with van der Waals surface area (Å²) >= 11 is 0. The summed E-state index contributed by atoms with van der Waals surface area (Å²) in [4.78, 5) is 7.45. The number of ether oxygens (including phenoxy) is 1. The number of methoxy groups -OCH3 is 1. The average Bonchev–Trinajstić information content (AvgIpc) is 3.40. The molecule has 0 bridgehead atoms. The lowest BCUT2D eigenvalue weighted by Crippen LogP contribution is -2.39. The third kappa shape index (κ3) is 5.97. The van der Waals surface area contributed by atoms with Crippen LogP contribution in [-0.2, 0) is 13.5 Å². The number of rotatable bonds is 9. The molecule has 0 aliphatic carbocycles. The van der Waals surface area contributed by atoms with Gasteiger partial charge < -0.3 is 15.4 Å². The molecule has 7 nitrogen and oxygen atoms in total. The van der Waals surface area contributed by atoms with Crippen LogP contribution in [0.1, 0.15) is 36.9 Å². The zero-order chi connectivity index (χ0) is 20.5. The number of nitrogens with zero attached hydrogens (tertiary/aromatic N) is 4. The second-order valence-corrected chi connectivity index (χ2v) is 7.42. The van der Waals surface area contributed by atoms with Crippen molar-refractivity contribution in [1.82, 2.24) is 25.3 Å². The Labute approximate surface area is 174 Å². The van der Waals surface area contributed by atoms with E-state index in [0.717, 1.165) is 44.3 Å². The van der Waals surface area contributed by atoms with E-state index in [0.29, 0.717) is 6.54 Å². The summed E-state index contributed by atoms with van der Waals surface area (Å²) < 4.78 is 7.48. The van der Waals surface area contributed by atoms with Crippen molar-refractivity contribution in [2.24, 2.45) is 12.0 Å². The van der Waals surface area contributed by atoms with Gasteiger partial charge in [0.2, 0.25) is 0 Å². The number of aryl methyl sites for hydroxylation is 1. The van der Waals surface area contributed by atoms with Gasteiger partial charge in [-0.25, -0.2) is 0 Å². The molecular weight excluding hydrogens is 364 g/mol. The third-order valence-electron chi connectivity index (χ3n) is 5.31. The topological polar surface area (TPSA) is 66.7 Å². The van der Waals surface area contributed by atoms with Crippen molar-refractivity contribution in [3.63, 3.8) is 0 Å². The molecule has 1 aromatic carbocycles. The van der Waals surface area contributed by atoms with Gasteiger partial charge in [0.15, 0.2) is 5.96 Å². The third-order valence-corrected chi connectivity index (χ3v) is 5.31. The fourth-order valence-corrected chi connectivity index (χ4v) is 3.85. The van der Waals surface area contributed by atoms with E-state index in [4.69, 9.17) is 9.73 Å². The van der Waals surface area contributed by atoms with E-state index in [1.807, 2.05) is 30.1 Å². The largest absolute Gasteiger partial charge is 0.496 e. The van der Waals surface area contributed by atoms with Crippen molar-refractivity contribution in [3.8, 4) is 5.75 Å². The summed E-state index contributed by atoms with van der Waals surface area (Å²) in [6.45, 7) is 6.67. The maximum Gasteiger partial charge on any atom is 0.191 e. The Balaban J connectivity index is 1.68. The first-order chi connectivity index (χ1) is 14.2. The van der Waals surface area contributed by atoms with Gasteiger partial charge in [0.05, 0.1) is 25.9 Å². The molecule has 1 fully saturated rings. The summed E-state index contributed by atoms with van der Waals surface area (Å²) in [5.41, 5.74) is 2.44. The van der Waals surface area contributed by atoms with Crippen LogP contribution in [0, 0.1) is 0 Å². The van der Waals surface area contributed by atoms with Crippen molar-refractivity contribution >= 4 is 5.96 Å². The van der Waals surface area contributed by atoms with Crippen LogP contribution in [0.5, 0.6) is 5.75 Å². The Hall–Kier alpha value is -2.54. The quantitative estimate of drug-likeness (QED) is 0.501. The van der Waals surface area contributed by atoms with Crippen molar-refractivity contribution in [2.45, 2.75) is 32.2 Å². The minimum Gasteiger partial charge on any atom is -0.496 e. The molecule has 1 atom stereocenters. The van der Waals surface area contributed by atoms with E-state index in [1.54, 1.807) is 7.11 Å². The van der Waals surface area contributed by atoms with Gasteiger partial charge in [-0.2, -0.15) is 5.10 Å². The molecule has 1 unspecified atom stereocenters. The van der Waals surface area contributed by atoms with E-state index in [2.05, 4.69) is 45.9 Å². The lowest BCUT2D eigenvalue weighted by Gasteiger charge is -2.28. The van der Waals surface area contributed by atoms with E-state index < -0.39 is 0 Å². The Bertz CT molecular complexity index is 781. The predicted molar refractivity (Wildman–Crippen MR) is 117 cm³/mol. The summed E-state index contributed by atoms with van der Waals surface area (Å²) in [5.74, 6) is 1.80. The van der Waals surface area contributed by atoms with Crippen LogP contribution in [-0.4, -0.2) is 60.5 Å². The monoisotopic (exact) mass is 398 g/mol. The Morgan fingerprint density at radius 1 is 1.24 bits per heavy atom. The second kappa shape index (κ2) is 10.9. The highest BCUT2D eigenvalue weighted by Crippen LogP contribution is 2.31. The van der Waals surface area contributed by atoms with Gasteiger partial charge in [-0.15, -0.1) is 0 Å². The van der Waals surface area contributed by atoms with Gasteiger partial charge >= 0.3 is 0 Å². The van der Waals surface area contributed by atoms with Crippen LogP contribution in [0.25, 0.3) is 0 Å². The molecule has 2 heterocycles. The summed E-state index contributed by atoms with van der Waals surface area (Å²) in [6.07, 6.45) is 7.38. The second-order valence-electron chi connectivity index (χ2n) is 7.42. The van der Waals surface area contributed by atoms with Crippen molar-refractivity contribution in [2.75, 3.05) is 39.8 Å². The molecule has 2 aromatic rings. The molecule has 0 radical (unpaired) electrons. The SMILES string of the molecule is CCNC(=NCC(c1ccccc1OC)N1CCCC1)NCCc1cnn(C)c1. The minimum atomic E-state index is 0.224. The number of hydrogen-bond acceptors (Lipinski definition) is 4. The first-order valence-electron chi connectivity index (χ1n) is 10.6. The summed E-state index contributed by atoms with van der Waals surface area (Å²) in [5, 5.41) is 11.1. The molecule has 1 saturated heterocycles. The molecule has 0 spiro atoms. The Morgan fingerprint density at radius 3 is 2.72 bits per heavy atom. The van der Waals surface area contributed by atoms with Gasteiger partial charge in [0, 0.05) is 31.9 Å². The molecule has 1 aliphatic heterocycles. The zero-order valence-corrected chi connectivity index (χ0v) is 17.9. The van der Waals surface area contributed by atoms with E-state index in [9.17, 15) is 0 Å². The van der Waals surface area contributed by atoms with Gasteiger partial charge in [-0.1, -0.05) is 18.2 Å². The number of benzene rings is 1. The molecular formula is C22H34N6O. The molecule has 1 aromatic heterocycles. The fourth-order valence-electron chi connectivity index (χ4n) is 3.85. The minimum absolute atomic E-state index is 0.224. The lowest BCUT2D eigenvalue weighted by molar-refractivity contribution is 0.245. The van der Waals surface area contributed by atoms with Gasteiger partial charge in [-0.3, -0.25) is 14.6 Å². The maximum absolute atomic E-state index is 5.64. The molecule has 3 rings (SSSR count). The van der Waals surface area contributed by atoms with Gasteiger partial charge in [-0.05, 0) is 50.9 Å². The Morgan fingerprint density at radius 2 is 2.03 bits per heavy atom. The number of guanidine groups is 1. The molecule has 29 heavy (non-hydrogen) atoms. The van der Waals surface area contributed by atoms with E-state index in [1.165, 1.54) is 24.0 Å². The van der Waals surface area contributed by atoms with Crippen molar-refractivity contribution in [1.29, 1.82) is 0 Å². The lowest BCUT2D eigenvalue weighted by atomic mass is 10.0. The van der Waals surface area contributed by atoms with Crippen LogP contribution in [0.4, 0.5) is 0 Å². The smallest absolute Gasteiger partial charge is 0.191 e. The summed E-state index contributed by atoms with van der Waals surface area (Å²) in [7, 11) is 3.69. The molecule has 1 aliphatic rings. The van der Waals surface area contributed by atoms with Crippen LogP contribution < -0.4 is 15.4 Å². The molecule has 158 valence electrons. The number of aliphatic imine (C=N–C) groups is 1. The number of hydrogen-bond donors (Lipinski definition) is 2. The summed E-state index contributed by atoms with van der Waals surface area (Å²) in [6, 6.07) is 8.54. The van der Waals surface area contributed by atoms with Gasteiger partial charge in [0.1, 0.15) is 5.75 Å². The molecule has 0 amide bonds. The highest BCUT2D eigenvalue weighted by atomic mass is 16.5. The van der Waals surface area contributed by atoms with E-state index >= 15 is 0 Å². The first kappa shape index (κ1) is 21.2. The number of aromatic nitrogens is 2. The normalized spacial score (nSPS) is 16.0. The highest BCUT2D eigenvalue weighted by Gasteiger charge is 2.25. The molecule has 2 N–H and O–H groups in total. The zero-order valence-electron chi connectivity index (χ0n) is 17.9. The van der Waals surface area contributed by atoms with Crippen molar-refractivity contribution in [3.05, 3.63) is 47.8 Å². The predicted octanol–water partition coefficient (Wildman–Crippen LogP) is 2.36. The molecule has 7 heteroatoms.